The third-order valence-electron chi connectivity index (χ3n) is 12.5. The van der Waals surface area contributed by atoms with E-state index in [4.69, 9.17) is 68.1 Å². The molecule has 6 aromatic carbocycles. The summed E-state index contributed by atoms with van der Waals surface area (Å²) in [7, 11) is -4.88. The van der Waals surface area contributed by atoms with E-state index in [0.29, 0.717) is 54.7 Å². The molecular weight excluding hydrogens is 1650 g/mol. The zero-order chi connectivity index (χ0) is 63.7. The summed E-state index contributed by atoms with van der Waals surface area (Å²) in [4.78, 5) is 23.7. The number of fused-ring (bicyclic) bond motifs is 2. The molecule has 0 spiro atoms. The number of nitrogens with one attached hydrogen (secondary N) is 4. The standard InChI is InChI=1S/2C19H24N4O2.C14H8O7S.2C8H8.HI.2Ir/c2*20-18(21)14-4-8-16(9-5-14)24-12-2-1-3-13-25-17-10-6-15(7-11-17)19(22)23;15-11-6-3-1-2-4-7(6)12(16)10-8(11)5-9(22(19,20)21)13(17)14(10)18;2*1-2-4-6-8-7-5-3-1;;;/h2*4-11H,1-3,12-13H2,(H3,20,21)(H3,22,23);1-5,17-18H,(H,19,20,21);2*1-8H;1H;;/q;;;;;;2*+3/p-1/b;;;2*2-1-,3-1?,4-2?,5-3-,6-4-,7-5?,8-6?,8-7-;;;. The fourth-order valence-corrected chi connectivity index (χ4v) is 8.48. The Balaban J connectivity index is 0.000000407. The van der Waals surface area contributed by atoms with Gasteiger partial charge in [-0.1, -0.05) is 121 Å². The minimum Gasteiger partial charge on any atom is -1.00 e. The van der Waals surface area contributed by atoms with Crippen molar-refractivity contribution >= 4 is 45.0 Å². The summed E-state index contributed by atoms with van der Waals surface area (Å²) in [6.07, 6.45) is 37.8. The van der Waals surface area contributed by atoms with Crippen molar-refractivity contribution in [2.24, 2.45) is 22.9 Å². The first kappa shape index (κ1) is 78.3. The van der Waals surface area contributed by atoms with E-state index in [1.165, 1.54) is 24.3 Å². The van der Waals surface area contributed by atoms with Gasteiger partial charge in [0.2, 0.25) is 0 Å². The molecule has 3 aliphatic carbocycles. The number of hydrogen-bond acceptors (Lipinski definition) is 14. The van der Waals surface area contributed by atoms with Gasteiger partial charge in [0.05, 0.1) is 32.0 Å². The van der Waals surface area contributed by atoms with Gasteiger partial charge in [-0.05, 0) is 142 Å². The van der Waals surface area contributed by atoms with E-state index in [1.54, 1.807) is 48.5 Å². The number of aromatic hydroxyl groups is 2. The summed E-state index contributed by atoms with van der Waals surface area (Å²) in [5.41, 5.74) is 23.6. The van der Waals surface area contributed by atoms with Gasteiger partial charge in [-0.3, -0.25) is 35.8 Å². The number of phenols is 2. The molecule has 0 unspecified atom stereocenters. The molecule has 0 aliphatic heterocycles. The quantitative estimate of drug-likeness (QED) is 0.00804. The number of carbonyl (C=O) groups is 2. The molecule has 0 aromatic heterocycles. The first-order valence-corrected chi connectivity index (χ1v) is 29.2. The van der Waals surface area contributed by atoms with Crippen molar-refractivity contribution < 1.29 is 116 Å². The Morgan fingerprint density at radius 1 is 0.374 bits per heavy atom. The van der Waals surface area contributed by atoms with E-state index < -0.39 is 49.2 Å². The molecule has 3 aliphatic rings. The molecular formula is C68H72IIr2N8O11S+5. The summed E-state index contributed by atoms with van der Waals surface area (Å²) in [6.45, 7) is 2.58. The SMILES string of the molecule is C1=C\C=C/C=C\C=C/1.C1=C\C=C/C=C\C=C/1.N=C(N)c1ccc(OCCCCCOc2ccc(C(=N)N)cc2)cc1.N=C(N)c1ccc(OCCCCCOc2ccc(C(=N)N)cc2)cc1.O=C1c2ccccc2C(=O)c2c1cc(S(=O)(=O)O)c(O)c2O.[I-].[Ir+3].[Ir+3]. The van der Waals surface area contributed by atoms with Crippen LogP contribution >= 0.6 is 0 Å². The Hall–Kier alpha value is -8.80. The number of ether oxygens (including phenoxy) is 4. The molecule has 0 fully saturated rings. The fourth-order valence-electron chi connectivity index (χ4n) is 7.87. The second kappa shape index (κ2) is 42.2. The van der Waals surface area contributed by atoms with Crippen LogP contribution in [0.4, 0.5) is 0 Å². The number of nitrogen functional groups attached to an aromatic ring is 4. The molecule has 9 rings (SSSR count). The summed E-state index contributed by atoms with van der Waals surface area (Å²) in [5.74, 6) is -0.280. The van der Waals surface area contributed by atoms with Crippen LogP contribution in [0.3, 0.4) is 0 Å². The van der Waals surface area contributed by atoms with E-state index in [9.17, 15) is 28.2 Å². The predicted octanol–water partition coefficient (Wildman–Crippen LogP) is 8.33. The van der Waals surface area contributed by atoms with Crippen LogP contribution < -0.4 is 65.9 Å². The summed E-state index contributed by atoms with van der Waals surface area (Å²) in [6, 6.07) is 35.3. The molecule has 0 heterocycles. The average molecular weight is 1720 g/mol. The van der Waals surface area contributed by atoms with Gasteiger partial charge in [0.15, 0.2) is 23.1 Å². The number of nitrogens with two attached hydrogens (primary N) is 4. The van der Waals surface area contributed by atoms with Crippen LogP contribution in [-0.2, 0) is 50.3 Å². The van der Waals surface area contributed by atoms with Gasteiger partial charge in [-0.2, -0.15) is 8.42 Å². The van der Waals surface area contributed by atoms with Gasteiger partial charge >= 0.3 is 40.2 Å². The van der Waals surface area contributed by atoms with Crippen molar-refractivity contribution in [3.63, 3.8) is 0 Å². The Bertz CT molecular complexity index is 3340. The van der Waals surface area contributed by atoms with Crippen LogP contribution in [0.5, 0.6) is 34.5 Å². The van der Waals surface area contributed by atoms with E-state index >= 15 is 0 Å². The first-order valence-electron chi connectivity index (χ1n) is 27.7. The number of allylic oxidation sites excluding steroid dienone is 16. The molecule has 0 bridgehead atoms. The maximum Gasteiger partial charge on any atom is 3.00 e. The molecule has 23 heteroatoms. The van der Waals surface area contributed by atoms with Crippen LogP contribution in [0, 0.1) is 21.6 Å². The number of hydrogen-bond donors (Lipinski definition) is 11. The van der Waals surface area contributed by atoms with Crippen LogP contribution in [0.2, 0.25) is 0 Å². The van der Waals surface area contributed by atoms with Crippen LogP contribution in [0.15, 0.2) is 230 Å². The van der Waals surface area contributed by atoms with Crippen LogP contribution in [-0.4, -0.2) is 84.5 Å². The number of benzene rings is 6. The minimum absolute atomic E-state index is 0. The van der Waals surface area contributed by atoms with Crippen molar-refractivity contribution in [1.82, 2.24) is 0 Å². The molecule has 0 saturated carbocycles. The summed E-state index contributed by atoms with van der Waals surface area (Å²) >= 11 is 0. The zero-order valence-corrected chi connectivity index (χ0v) is 57.1. The van der Waals surface area contributed by atoms with Gasteiger partial charge in [-0.15, -0.1) is 0 Å². The smallest absolute Gasteiger partial charge is 1.00 e. The molecule has 0 saturated heterocycles. The monoisotopic (exact) mass is 1720 g/mol. The van der Waals surface area contributed by atoms with Crippen molar-refractivity contribution in [1.29, 1.82) is 21.6 Å². The Labute approximate surface area is 574 Å². The Kier molecular flexibility index (Phi) is 36.3. The molecule has 6 aromatic rings. The largest absolute Gasteiger partial charge is 3.00 e. The minimum atomic E-state index is -4.88. The molecule has 19 nitrogen and oxygen atoms in total. The third kappa shape index (κ3) is 27.5. The maximum atomic E-state index is 12.4. The van der Waals surface area contributed by atoms with Crippen molar-refractivity contribution in [3.8, 4) is 34.5 Å². The zero-order valence-electron chi connectivity index (χ0n) is 49.3. The fraction of sp³-hybridized carbons (Fsp3) is 0.147. The van der Waals surface area contributed by atoms with Gasteiger partial charge in [0.25, 0.3) is 10.1 Å². The van der Waals surface area contributed by atoms with E-state index in [-0.39, 0.29) is 98.7 Å². The van der Waals surface area contributed by atoms with Crippen LogP contribution in [0.1, 0.15) is 92.6 Å². The summed E-state index contributed by atoms with van der Waals surface area (Å²) < 4.78 is 54.1. The van der Waals surface area contributed by atoms with Crippen molar-refractivity contribution in [3.05, 3.63) is 269 Å². The molecule has 476 valence electrons. The van der Waals surface area contributed by atoms with E-state index in [0.717, 1.165) is 61.5 Å². The topological polar surface area (TPSA) is 365 Å². The van der Waals surface area contributed by atoms with Crippen molar-refractivity contribution in [2.45, 2.75) is 43.4 Å². The second-order valence-electron chi connectivity index (χ2n) is 19.0. The van der Waals surface area contributed by atoms with E-state index in [1.807, 2.05) is 146 Å². The third-order valence-corrected chi connectivity index (χ3v) is 13.4. The number of amidine groups is 4. The number of carbonyl (C=O) groups excluding carboxylic acids is 2. The molecule has 91 heavy (non-hydrogen) atoms. The van der Waals surface area contributed by atoms with Gasteiger partial charge in [0, 0.05) is 38.9 Å². The number of ketones is 2. The molecule has 0 radical (unpaired) electrons. The van der Waals surface area contributed by atoms with Crippen molar-refractivity contribution in [2.75, 3.05) is 26.4 Å². The first-order chi connectivity index (χ1) is 42.3. The number of unbranched alkanes of at least 4 members (excludes halogenated alkanes) is 4. The van der Waals surface area contributed by atoms with Crippen LogP contribution in [0.25, 0.3) is 0 Å². The summed E-state index contributed by atoms with van der Waals surface area (Å²) in [5, 5.41) is 49.0. The predicted molar refractivity (Wildman–Crippen MR) is 346 cm³/mol. The van der Waals surface area contributed by atoms with Gasteiger partial charge < -0.3 is 76.1 Å². The van der Waals surface area contributed by atoms with Gasteiger partial charge in [0.1, 0.15) is 51.2 Å². The molecule has 0 atom stereocenters. The molecule has 0 amide bonds. The molecule has 15 N–H and O–H groups in total. The van der Waals surface area contributed by atoms with E-state index in [2.05, 4.69) is 0 Å². The number of phenolic OH excluding ortho intramolecular Hbond substituents is 2. The van der Waals surface area contributed by atoms with Gasteiger partial charge in [-0.25, -0.2) is 0 Å². The number of halogens is 1. The normalized spacial score (nSPS) is 14.6. The Morgan fingerprint density at radius 3 is 0.846 bits per heavy atom. The maximum absolute atomic E-state index is 12.4. The number of rotatable bonds is 21. The Morgan fingerprint density at radius 2 is 0.615 bits per heavy atom. The second-order valence-corrected chi connectivity index (χ2v) is 20.4. The average Bonchev–Trinajstić information content (AvgIpc) is 2.62.